The van der Waals surface area contributed by atoms with E-state index in [0.717, 1.165) is 18.6 Å². The quantitative estimate of drug-likeness (QED) is 0.702. The van der Waals surface area contributed by atoms with Gasteiger partial charge in [-0.1, -0.05) is 6.92 Å². The van der Waals surface area contributed by atoms with Crippen molar-refractivity contribution in [1.82, 2.24) is 10.6 Å². The Morgan fingerprint density at radius 3 is 2.68 bits per heavy atom. The van der Waals surface area contributed by atoms with E-state index in [1.807, 2.05) is 19.1 Å². The lowest BCUT2D eigenvalue weighted by molar-refractivity contribution is -0.139. The summed E-state index contributed by atoms with van der Waals surface area (Å²) in [5, 5.41) is 14.0. The van der Waals surface area contributed by atoms with Gasteiger partial charge in [-0.05, 0) is 31.9 Å². The van der Waals surface area contributed by atoms with E-state index in [0.29, 0.717) is 6.42 Å². The van der Waals surface area contributed by atoms with Gasteiger partial charge in [0.15, 0.2) is 0 Å². The number of aliphatic carboxylic acids is 1. The Hall–Kier alpha value is -1.98. The molecule has 6 nitrogen and oxygen atoms in total. The summed E-state index contributed by atoms with van der Waals surface area (Å²) in [4.78, 5) is 22.4. The van der Waals surface area contributed by atoms with Gasteiger partial charge >= 0.3 is 12.0 Å². The molecule has 2 amide bonds. The van der Waals surface area contributed by atoms with E-state index in [1.54, 1.807) is 13.2 Å². The van der Waals surface area contributed by atoms with Crippen LogP contribution < -0.4 is 10.6 Å². The zero-order chi connectivity index (χ0) is 14.3. The second-order valence-electron chi connectivity index (χ2n) is 4.44. The molecular formula is C13H20N2O4. The lowest BCUT2D eigenvalue weighted by atomic mass is 10.1. The highest BCUT2D eigenvalue weighted by atomic mass is 16.4. The average Bonchev–Trinajstić information content (AvgIpc) is 2.86. The molecule has 19 heavy (non-hydrogen) atoms. The van der Waals surface area contributed by atoms with Crippen LogP contribution in [-0.2, 0) is 11.2 Å². The average molecular weight is 268 g/mol. The van der Waals surface area contributed by atoms with E-state index in [-0.39, 0.29) is 6.04 Å². The number of aryl methyl sites for hydroxylation is 1. The van der Waals surface area contributed by atoms with Crippen LogP contribution in [0.4, 0.5) is 4.79 Å². The fraction of sp³-hybridized carbons (Fsp3) is 0.538. The molecule has 1 aromatic heterocycles. The first-order chi connectivity index (χ1) is 9.02. The van der Waals surface area contributed by atoms with Gasteiger partial charge in [-0.25, -0.2) is 9.59 Å². The van der Waals surface area contributed by atoms with Gasteiger partial charge in [0.25, 0.3) is 0 Å². The smallest absolute Gasteiger partial charge is 0.326 e. The Morgan fingerprint density at radius 1 is 1.42 bits per heavy atom. The van der Waals surface area contributed by atoms with Crippen LogP contribution in [0.25, 0.3) is 0 Å². The van der Waals surface area contributed by atoms with Gasteiger partial charge in [-0.3, -0.25) is 0 Å². The molecule has 1 unspecified atom stereocenters. The van der Waals surface area contributed by atoms with E-state index in [1.165, 1.54) is 0 Å². The highest BCUT2D eigenvalue weighted by Gasteiger charge is 2.18. The zero-order valence-electron chi connectivity index (χ0n) is 11.2. The molecule has 6 heteroatoms. The number of hydrogen-bond donors (Lipinski definition) is 3. The Bertz CT molecular complexity index is 403. The topological polar surface area (TPSA) is 91.6 Å². The van der Waals surface area contributed by atoms with Gasteiger partial charge in [-0.15, -0.1) is 0 Å². The van der Waals surface area contributed by atoms with E-state index < -0.39 is 18.0 Å². The molecule has 0 saturated heterocycles. The Morgan fingerprint density at radius 2 is 2.16 bits per heavy atom. The molecule has 0 fully saturated rings. The van der Waals surface area contributed by atoms with Gasteiger partial charge in [0.2, 0.25) is 0 Å². The normalized spacial score (nSPS) is 13.6. The molecule has 0 bridgehead atoms. The highest BCUT2D eigenvalue weighted by molar-refractivity contribution is 5.82. The van der Waals surface area contributed by atoms with Crippen LogP contribution in [0.15, 0.2) is 22.8 Å². The van der Waals surface area contributed by atoms with Crippen LogP contribution in [-0.4, -0.2) is 29.2 Å². The Balaban J connectivity index is 2.29. The minimum absolute atomic E-state index is 0.0589. The number of nitrogens with one attached hydrogen (secondary N) is 2. The molecule has 0 radical (unpaired) electrons. The van der Waals surface area contributed by atoms with Crippen LogP contribution in [0.3, 0.4) is 0 Å². The first kappa shape index (κ1) is 15.1. The number of carboxylic acids is 1. The molecule has 0 aliphatic carbocycles. The summed E-state index contributed by atoms with van der Waals surface area (Å²) < 4.78 is 5.20. The van der Waals surface area contributed by atoms with Crippen molar-refractivity contribution in [1.29, 1.82) is 0 Å². The van der Waals surface area contributed by atoms with E-state index in [9.17, 15) is 9.59 Å². The lowest BCUT2D eigenvalue weighted by Gasteiger charge is -2.17. The molecule has 1 heterocycles. The summed E-state index contributed by atoms with van der Waals surface area (Å²) in [5.41, 5.74) is 0. The number of amides is 2. The number of hydrogen-bond acceptors (Lipinski definition) is 3. The number of urea groups is 1. The number of furan rings is 1. The standard InChI is InChI=1S/C13H20N2O4/c1-3-11(12(16)17)15-13(18)14-9(2)6-7-10-5-4-8-19-10/h4-5,8-9,11H,3,6-7H2,1-2H3,(H,16,17)(H2,14,15,18)/t9?,11-/m0/s1. The molecule has 1 rings (SSSR count). The van der Waals surface area contributed by atoms with Gasteiger partial charge in [0.1, 0.15) is 11.8 Å². The van der Waals surface area contributed by atoms with Crippen molar-refractivity contribution in [3.05, 3.63) is 24.2 Å². The fourth-order valence-corrected chi connectivity index (χ4v) is 1.65. The third-order valence-electron chi connectivity index (χ3n) is 2.79. The summed E-state index contributed by atoms with van der Waals surface area (Å²) in [6, 6.07) is 2.33. The monoisotopic (exact) mass is 268 g/mol. The van der Waals surface area contributed by atoms with Crippen molar-refractivity contribution in [2.24, 2.45) is 0 Å². The molecule has 2 atom stereocenters. The molecule has 106 valence electrons. The first-order valence-corrected chi connectivity index (χ1v) is 6.35. The highest BCUT2D eigenvalue weighted by Crippen LogP contribution is 2.05. The van der Waals surface area contributed by atoms with Gasteiger partial charge in [0, 0.05) is 12.5 Å². The first-order valence-electron chi connectivity index (χ1n) is 6.35. The van der Waals surface area contributed by atoms with Gasteiger partial charge in [0.05, 0.1) is 6.26 Å². The van der Waals surface area contributed by atoms with Crippen LogP contribution in [0.5, 0.6) is 0 Å². The van der Waals surface area contributed by atoms with Crippen LogP contribution in [0, 0.1) is 0 Å². The minimum Gasteiger partial charge on any atom is -0.480 e. The number of carbonyl (C=O) groups excluding carboxylic acids is 1. The van der Waals surface area contributed by atoms with E-state index in [4.69, 9.17) is 9.52 Å². The SMILES string of the molecule is CC[C@H](NC(=O)NC(C)CCc1ccco1)C(=O)O. The van der Waals surface area contributed by atoms with Crippen molar-refractivity contribution in [3.8, 4) is 0 Å². The maximum atomic E-state index is 11.6. The van der Waals surface area contributed by atoms with Crippen molar-refractivity contribution >= 4 is 12.0 Å². The third kappa shape index (κ3) is 5.46. The number of rotatable bonds is 7. The van der Waals surface area contributed by atoms with Crippen LogP contribution >= 0.6 is 0 Å². The number of carbonyl (C=O) groups is 2. The summed E-state index contributed by atoms with van der Waals surface area (Å²) >= 11 is 0. The van der Waals surface area contributed by atoms with Crippen molar-refractivity contribution in [2.45, 2.75) is 45.2 Å². The molecule has 0 saturated carbocycles. The lowest BCUT2D eigenvalue weighted by Crippen LogP contribution is -2.48. The van der Waals surface area contributed by atoms with E-state index >= 15 is 0 Å². The largest absolute Gasteiger partial charge is 0.480 e. The summed E-state index contributed by atoms with van der Waals surface area (Å²) in [5.74, 6) is -0.160. The molecule has 1 aromatic rings. The summed E-state index contributed by atoms with van der Waals surface area (Å²) in [6.07, 6.45) is 3.41. The molecule has 3 N–H and O–H groups in total. The molecule has 0 spiro atoms. The predicted molar refractivity (Wildman–Crippen MR) is 69.9 cm³/mol. The summed E-state index contributed by atoms with van der Waals surface area (Å²) in [7, 11) is 0. The maximum absolute atomic E-state index is 11.6. The number of carboxylic acid groups (broad SMARTS) is 1. The summed E-state index contributed by atoms with van der Waals surface area (Å²) in [6.45, 7) is 3.57. The second-order valence-corrected chi connectivity index (χ2v) is 4.44. The Labute approximate surface area is 112 Å². The van der Waals surface area contributed by atoms with Crippen LogP contribution in [0.1, 0.15) is 32.4 Å². The Kier molecular flexibility index (Phi) is 5.92. The van der Waals surface area contributed by atoms with Gasteiger partial charge in [-0.2, -0.15) is 0 Å². The minimum atomic E-state index is -1.03. The molecular weight excluding hydrogens is 248 g/mol. The molecule has 0 aliphatic rings. The van der Waals surface area contributed by atoms with Crippen molar-refractivity contribution in [3.63, 3.8) is 0 Å². The zero-order valence-corrected chi connectivity index (χ0v) is 11.2. The van der Waals surface area contributed by atoms with Crippen molar-refractivity contribution in [2.75, 3.05) is 0 Å². The maximum Gasteiger partial charge on any atom is 0.326 e. The fourth-order valence-electron chi connectivity index (χ4n) is 1.65. The second kappa shape index (κ2) is 7.45. The van der Waals surface area contributed by atoms with E-state index in [2.05, 4.69) is 10.6 Å². The van der Waals surface area contributed by atoms with Crippen LogP contribution in [0.2, 0.25) is 0 Å². The van der Waals surface area contributed by atoms with Gasteiger partial charge < -0.3 is 20.2 Å². The molecule has 0 aromatic carbocycles. The predicted octanol–water partition coefficient (Wildman–Crippen LogP) is 1.76. The van der Waals surface area contributed by atoms with Crippen molar-refractivity contribution < 1.29 is 19.1 Å². The third-order valence-corrected chi connectivity index (χ3v) is 2.79. The molecule has 0 aliphatic heterocycles.